The van der Waals surface area contributed by atoms with Gasteiger partial charge in [0.2, 0.25) is 0 Å². The number of hydrogen-bond acceptors (Lipinski definition) is 3. The first kappa shape index (κ1) is 15.4. The number of aryl methyl sites for hydroxylation is 1. The number of thiophene rings is 1. The zero-order chi connectivity index (χ0) is 15.7. The van der Waals surface area contributed by atoms with E-state index in [9.17, 15) is 4.79 Å². The maximum Gasteiger partial charge on any atom is 0.323 e. The summed E-state index contributed by atoms with van der Waals surface area (Å²) in [4.78, 5) is 14.9. The molecule has 5 nitrogen and oxygen atoms in total. The number of nitrogens with zero attached hydrogens (tertiary/aromatic N) is 3. The lowest BCUT2D eigenvalue weighted by Crippen LogP contribution is -2.30. The van der Waals surface area contributed by atoms with Gasteiger partial charge in [0.25, 0.3) is 0 Å². The van der Waals surface area contributed by atoms with Crippen LogP contribution in [-0.2, 0) is 13.1 Å². The number of urea groups is 1. The van der Waals surface area contributed by atoms with Crippen molar-refractivity contribution >= 4 is 34.8 Å². The van der Waals surface area contributed by atoms with E-state index >= 15 is 0 Å². The summed E-state index contributed by atoms with van der Waals surface area (Å²) in [6, 6.07) is 5.62. The summed E-state index contributed by atoms with van der Waals surface area (Å²) in [6.45, 7) is 3.43. The summed E-state index contributed by atoms with van der Waals surface area (Å²) in [5.74, 6) is 1.24. The molecular formula is C15H19ClN4OS. The zero-order valence-corrected chi connectivity index (χ0v) is 14.2. The fourth-order valence-electron chi connectivity index (χ4n) is 2.40. The summed E-state index contributed by atoms with van der Waals surface area (Å²) in [6.07, 6.45) is 2.44. The number of rotatable bonds is 5. The summed E-state index contributed by atoms with van der Waals surface area (Å²) < 4.78 is 2.71. The van der Waals surface area contributed by atoms with Crippen molar-refractivity contribution in [2.45, 2.75) is 38.8 Å². The number of anilines is 1. The molecule has 0 aliphatic heterocycles. The number of amides is 2. The fourth-order valence-corrected chi connectivity index (χ4v) is 3.54. The Labute approximate surface area is 138 Å². The molecule has 0 aromatic carbocycles. The van der Waals surface area contributed by atoms with Gasteiger partial charge in [-0.3, -0.25) is 10.00 Å². The van der Waals surface area contributed by atoms with Gasteiger partial charge in [-0.15, -0.1) is 11.3 Å². The largest absolute Gasteiger partial charge is 0.323 e. The molecule has 0 radical (unpaired) electrons. The highest BCUT2D eigenvalue weighted by molar-refractivity contribution is 7.16. The Bertz CT molecular complexity index is 677. The minimum Gasteiger partial charge on any atom is -0.322 e. The van der Waals surface area contributed by atoms with E-state index in [1.165, 1.54) is 29.9 Å². The van der Waals surface area contributed by atoms with Crippen LogP contribution in [-0.4, -0.2) is 27.8 Å². The topological polar surface area (TPSA) is 50.2 Å². The quantitative estimate of drug-likeness (QED) is 0.890. The van der Waals surface area contributed by atoms with Crippen molar-refractivity contribution < 1.29 is 4.79 Å². The number of carbonyl (C=O) groups excluding carboxylic acids is 1. The molecule has 1 aliphatic rings. The minimum atomic E-state index is -0.160. The number of hydrogen-bond donors (Lipinski definition) is 1. The van der Waals surface area contributed by atoms with Gasteiger partial charge in [0, 0.05) is 36.1 Å². The summed E-state index contributed by atoms with van der Waals surface area (Å²) in [5.41, 5.74) is 1.23. The van der Waals surface area contributed by atoms with E-state index in [-0.39, 0.29) is 6.03 Å². The van der Waals surface area contributed by atoms with E-state index < -0.39 is 0 Å². The van der Waals surface area contributed by atoms with Crippen LogP contribution in [0, 0.1) is 0 Å². The molecule has 7 heteroatoms. The lowest BCUT2D eigenvalue weighted by molar-refractivity contribution is 0.221. The fraction of sp³-hybridized carbons (Fsp3) is 0.467. The van der Waals surface area contributed by atoms with E-state index in [2.05, 4.69) is 17.3 Å². The highest BCUT2D eigenvalue weighted by Crippen LogP contribution is 2.40. The third kappa shape index (κ3) is 3.44. The van der Waals surface area contributed by atoms with Gasteiger partial charge >= 0.3 is 6.03 Å². The molecular weight excluding hydrogens is 320 g/mol. The summed E-state index contributed by atoms with van der Waals surface area (Å²) in [7, 11) is 1.77. The Kier molecular flexibility index (Phi) is 4.40. The van der Waals surface area contributed by atoms with Crippen molar-refractivity contribution in [3.8, 4) is 0 Å². The van der Waals surface area contributed by atoms with Crippen molar-refractivity contribution in [2.75, 3.05) is 12.4 Å². The van der Waals surface area contributed by atoms with Gasteiger partial charge in [0.1, 0.15) is 0 Å². The van der Waals surface area contributed by atoms with E-state index in [0.717, 1.165) is 15.8 Å². The molecule has 2 aromatic rings. The molecule has 1 fully saturated rings. The molecule has 2 amide bonds. The maximum absolute atomic E-state index is 12.3. The van der Waals surface area contributed by atoms with Crippen LogP contribution in [0.15, 0.2) is 18.2 Å². The molecule has 1 N–H and O–H groups in total. The molecule has 22 heavy (non-hydrogen) atoms. The second kappa shape index (κ2) is 6.30. The van der Waals surface area contributed by atoms with Crippen LogP contribution >= 0.6 is 22.9 Å². The van der Waals surface area contributed by atoms with Crippen LogP contribution in [0.5, 0.6) is 0 Å². The third-order valence-corrected chi connectivity index (χ3v) is 4.93. The van der Waals surface area contributed by atoms with Crippen molar-refractivity contribution in [3.63, 3.8) is 0 Å². The van der Waals surface area contributed by atoms with Gasteiger partial charge in [-0.05, 0) is 31.9 Å². The second-order valence-electron chi connectivity index (χ2n) is 5.54. The van der Waals surface area contributed by atoms with Crippen LogP contribution in [0.4, 0.5) is 10.6 Å². The first-order valence-electron chi connectivity index (χ1n) is 7.41. The Balaban J connectivity index is 1.63. The zero-order valence-electron chi connectivity index (χ0n) is 12.7. The van der Waals surface area contributed by atoms with E-state index in [1.807, 2.05) is 22.9 Å². The molecule has 0 bridgehead atoms. The third-order valence-electron chi connectivity index (χ3n) is 3.71. The molecule has 0 unspecified atom stereocenters. The lowest BCUT2D eigenvalue weighted by atomic mass is 10.3. The Hall–Kier alpha value is -1.53. The number of halogens is 1. The van der Waals surface area contributed by atoms with Crippen LogP contribution in [0.1, 0.15) is 36.3 Å². The standard InChI is InChI=1S/C15H19ClN4OS/c1-3-20-12(10-4-5-10)8-14(18-20)17-15(21)19(2)9-11-6-7-13(16)22-11/h6-8,10H,3-5,9H2,1-2H3,(H,17,18,21). The normalized spacial score (nSPS) is 14.1. The first-order chi connectivity index (χ1) is 10.6. The molecule has 2 heterocycles. The minimum absolute atomic E-state index is 0.160. The Morgan fingerprint density at radius 2 is 2.32 bits per heavy atom. The smallest absolute Gasteiger partial charge is 0.322 e. The van der Waals surface area contributed by atoms with Gasteiger partial charge in [0.15, 0.2) is 5.82 Å². The Morgan fingerprint density at radius 3 is 2.91 bits per heavy atom. The van der Waals surface area contributed by atoms with Gasteiger partial charge in [-0.25, -0.2) is 4.79 Å². The maximum atomic E-state index is 12.3. The van der Waals surface area contributed by atoms with Gasteiger partial charge in [0.05, 0.1) is 10.9 Å². The molecule has 3 rings (SSSR count). The average molecular weight is 339 g/mol. The molecule has 0 spiro atoms. The predicted molar refractivity (Wildman–Crippen MR) is 89.7 cm³/mol. The molecule has 0 atom stereocenters. The first-order valence-corrected chi connectivity index (χ1v) is 8.60. The van der Waals surface area contributed by atoms with Gasteiger partial charge in [-0.2, -0.15) is 5.10 Å². The lowest BCUT2D eigenvalue weighted by Gasteiger charge is -2.15. The van der Waals surface area contributed by atoms with Crippen LogP contribution < -0.4 is 5.32 Å². The van der Waals surface area contributed by atoms with E-state index in [0.29, 0.717) is 18.3 Å². The highest BCUT2D eigenvalue weighted by Gasteiger charge is 2.28. The number of aromatic nitrogens is 2. The van der Waals surface area contributed by atoms with Crippen molar-refractivity contribution in [1.82, 2.24) is 14.7 Å². The van der Waals surface area contributed by atoms with Crippen LogP contribution in [0.25, 0.3) is 0 Å². The van der Waals surface area contributed by atoms with Crippen molar-refractivity contribution in [2.24, 2.45) is 0 Å². The SMILES string of the molecule is CCn1nc(NC(=O)N(C)Cc2ccc(Cl)s2)cc1C1CC1. The number of nitrogens with one attached hydrogen (secondary N) is 1. The molecule has 1 saturated carbocycles. The van der Waals surface area contributed by atoms with E-state index in [1.54, 1.807) is 11.9 Å². The highest BCUT2D eigenvalue weighted by atomic mass is 35.5. The molecule has 2 aromatic heterocycles. The molecule has 0 saturated heterocycles. The van der Waals surface area contributed by atoms with Crippen molar-refractivity contribution in [3.05, 3.63) is 33.1 Å². The summed E-state index contributed by atoms with van der Waals surface area (Å²) >= 11 is 7.40. The van der Waals surface area contributed by atoms with Crippen LogP contribution in [0.3, 0.4) is 0 Å². The molecule has 118 valence electrons. The monoisotopic (exact) mass is 338 g/mol. The van der Waals surface area contributed by atoms with Crippen LogP contribution in [0.2, 0.25) is 4.34 Å². The van der Waals surface area contributed by atoms with E-state index in [4.69, 9.17) is 11.6 Å². The van der Waals surface area contributed by atoms with Gasteiger partial charge in [-0.1, -0.05) is 11.6 Å². The molecule has 1 aliphatic carbocycles. The predicted octanol–water partition coefficient (Wildman–Crippen LogP) is 4.16. The number of carbonyl (C=O) groups is 1. The summed E-state index contributed by atoms with van der Waals surface area (Å²) in [5, 5.41) is 7.34. The van der Waals surface area contributed by atoms with Gasteiger partial charge < -0.3 is 4.90 Å². The second-order valence-corrected chi connectivity index (χ2v) is 7.34. The Morgan fingerprint density at radius 1 is 1.55 bits per heavy atom. The average Bonchev–Trinajstić information content (AvgIpc) is 3.14. The van der Waals surface area contributed by atoms with Crippen molar-refractivity contribution in [1.29, 1.82) is 0 Å².